The van der Waals surface area contributed by atoms with Crippen molar-refractivity contribution in [1.29, 1.82) is 0 Å². The average Bonchev–Trinajstić information content (AvgIpc) is 2.53. The number of ether oxygens (including phenoxy) is 2. The smallest absolute Gasteiger partial charge is 0.253 e. The monoisotopic (exact) mass is 276 g/mol. The summed E-state index contributed by atoms with van der Waals surface area (Å²) in [6.07, 6.45) is 0.429. The molecular formula is C15H20N2O3. The SMILES string of the molecule is O=C(NCC1CNCCO1)C1OCCc2ccccc21. The van der Waals surface area contributed by atoms with Crippen LogP contribution in [0.15, 0.2) is 24.3 Å². The van der Waals surface area contributed by atoms with Crippen LogP contribution in [0.1, 0.15) is 17.2 Å². The second kappa shape index (κ2) is 6.35. The van der Waals surface area contributed by atoms with E-state index in [9.17, 15) is 4.79 Å². The van der Waals surface area contributed by atoms with Crippen LogP contribution < -0.4 is 10.6 Å². The van der Waals surface area contributed by atoms with E-state index in [0.717, 1.165) is 25.1 Å². The molecule has 2 heterocycles. The van der Waals surface area contributed by atoms with Crippen molar-refractivity contribution in [2.24, 2.45) is 0 Å². The van der Waals surface area contributed by atoms with Gasteiger partial charge in [0.25, 0.3) is 5.91 Å². The highest BCUT2D eigenvalue weighted by Gasteiger charge is 2.27. The maximum atomic E-state index is 12.3. The Hall–Kier alpha value is -1.43. The van der Waals surface area contributed by atoms with E-state index >= 15 is 0 Å². The van der Waals surface area contributed by atoms with Crippen LogP contribution in [0.2, 0.25) is 0 Å². The van der Waals surface area contributed by atoms with Gasteiger partial charge in [-0.25, -0.2) is 0 Å². The van der Waals surface area contributed by atoms with Crippen LogP contribution >= 0.6 is 0 Å². The highest BCUT2D eigenvalue weighted by Crippen LogP contribution is 2.26. The molecule has 1 aromatic carbocycles. The maximum Gasteiger partial charge on any atom is 0.253 e. The molecule has 1 amide bonds. The Bertz CT molecular complexity index is 472. The number of morpholine rings is 1. The summed E-state index contributed by atoms with van der Waals surface area (Å²) in [7, 11) is 0. The van der Waals surface area contributed by atoms with Gasteiger partial charge >= 0.3 is 0 Å². The van der Waals surface area contributed by atoms with Crippen molar-refractivity contribution in [2.75, 3.05) is 32.8 Å². The third-order valence-electron chi connectivity index (χ3n) is 3.74. The summed E-state index contributed by atoms with van der Waals surface area (Å²) in [5, 5.41) is 6.18. The minimum atomic E-state index is -0.489. The Balaban J connectivity index is 1.60. The number of carbonyl (C=O) groups excluding carboxylic acids is 1. The maximum absolute atomic E-state index is 12.3. The van der Waals surface area contributed by atoms with E-state index in [1.54, 1.807) is 0 Å². The van der Waals surface area contributed by atoms with Crippen molar-refractivity contribution >= 4 is 5.91 Å². The molecule has 2 unspecified atom stereocenters. The number of rotatable bonds is 3. The number of benzene rings is 1. The zero-order valence-electron chi connectivity index (χ0n) is 11.4. The molecule has 1 saturated heterocycles. The van der Waals surface area contributed by atoms with Gasteiger partial charge in [0.1, 0.15) is 0 Å². The first kappa shape index (κ1) is 13.5. The van der Waals surface area contributed by atoms with Crippen LogP contribution in [0.4, 0.5) is 0 Å². The molecule has 2 aliphatic rings. The molecule has 0 bridgehead atoms. The van der Waals surface area contributed by atoms with E-state index in [-0.39, 0.29) is 12.0 Å². The normalized spacial score (nSPS) is 25.8. The summed E-state index contributed by atoms with van der Waals surface area (Å²) in [5.41, 5.74) is 2.19. The van der Waals surface area contributed by atoms with Crippen LogP contribution in [0.3, 0.4) is 0 Å². The Morgan fingerprint density at radius 2 is 2.20 bits per heavy atom. The molecule has 0 spiro atoms. The topological polar surface area (TPSA) is 59.6 Å². The van der Waals surface area contributed by atoms with Crippen LogP contribution in [0.25, 0.3) is 0 Å². The van der Waals surface area contributed by atoms with Gasteiger partial charge in [0, 0.05) is 19.6 Å². The van der Waals surface area contributed by atoms with E-state index in [4.69, 9.17) is 9.47 Å². The Kier molecular flexibility index (Phi) is 4.30. The largest absolute Gasteiger partial charge is 0.374 e. The zero-order chi connectivity index (χ0) is 13.8. The quantitative estimate of drug-likeness (QED) is 0.839. The highest BCUT2D eigenvalue weighted by molar-refractivity contribution is 5.82. The number of fused-ring (bicyclic) bond motifs is 1. The van der Waals surface area contributed by atoms with Crippen molar-refractivity contribution in [2.45, 2.75) is 18.6 Å². The summed E-state index contributed by atoms with van der Waals surface area (Å²) in [4.78, 5) is 12.3. The van der Waals surface area contributed by atoms with Crippen LogP contribution in [-0.4, -0.2) is 44.9 Å². The molecule has 1 fully saturated rings. The lowest BCUT2D eigenvalue weighted by Crippen LogP contribution is -2.46. The van der Waals surface area contributed by atoms with Gasteiger partial charge in [0.2, 0.25) is 0 Å². The molecule has 0 radical (unpaired) electrons. The van der Waals surface area contributed by atoms with Gasteiger partial charge in [0.05, 0.1) is 19.3 Å². The van der Waals surface area contributed by atoms with Gasteiger partial charge in [0.15, 0.2) is 6.10 Å². The molecular weight excluding hydrogens is 256 g/mol. The number of nitrogens with one attached hydrogen (secondary N) is 2. The molecule has 20 heavy (non-hydrogen) atoms. The first-order valence-corrected chi connectivity index (χ1v) is 7.14. The van der Waals surface area contributed by atoms with E-state index in [2.05, 4.69) is 16.7 Å². The van der Waals surface area contributed by atoms with Crippen molar-refractivity contribution in [1.82, 2.24) is 10.6 Å². The van der Waals surface area contributed by atoms with Gasteiger partial charge in [-0.15, -0.1) is 0 Å². The Morgan fingerprint density at radius 1 is 1.30 bits per heavy atom. The molecule has 5 heteroatoms. The van der Waals surface area contributed by atoms with E-state index in [0.29, 0.717) is 19.8 Å². The predicted octanol–water partition coefficient (Wildman–Crippen LogP) is 0.405. The lowest BCUT2D eigenvalue weighted by molar-refractivity contribution is -0.134. The van der Waals surface area contributed by atoms with Crippen molar-refractivity contribution in [3.8, 4) is 0 Å². The number of amides is 1. The van der Waals surface area contributed by atoms with Crippen molar-refractivity contribution in [3.05, 3.63) is 35.4 Å². The van der Waals surface area contributed by atoms with Crippen molar-refractivity contribution < 1.29 is 14.3 Å². The minimum Gasteiger partial charge on any atom is -0.374 e. The lowest BCUT2D eigenvalue weighted by Gasteiger charge is -2.27. The molecule has 0 aliphatic carbocycles. The number of hydrogen-bond acceptors (Lipinski definition) is 4. The van der Waals surface area contributed by atoms with E-state index < -0.39 is 6.10 Å². The van der Waals surface area contributed by atoms with Crippen LogP contribution in [0, 0.1) is 0 Å². The number of hydrogen-bond donors (Lipinski definition) is 2. The molecule has 2 N–H and O–H groups in total. The summed E-state index contributed by atoms with van der Waals surface area (Å²) in [5.74, 6) is -0.0775. The first-order valence-electron chi connectivity index (χ1n) is 7.14. The standard InChI is InChI=1S/C15H20N2O3/c18-15(17-10-12-9-16-6-8-19-12)14-13-4-2-1-3-11(13)5-7-20-14/h1-4,12,14,16H,5-10H2,(H,17,18). The fourth-order valence-electron chi connectivity index (χ4n) is 2.67. The molecule has 2 aliphatic heterocycles. The molecule has 0 aromatic heterocycles. The van der Waals surface area contributed by atoms with Crippen LogP contribution in [0.5, 0.6) is 0 Å². The molecule has 108 valence electrons. The minimum absolute atomic E-state index is 0.0477. The molecule has 3 rings (SSSR count). The summed E-state index contributed by atoms with van der Waals surface area (Å²) in [6, 6.07) is 7.98. The highest BCUT2D eigenvalue weighted by atomic mass is 16.5. The molecule has 1 aromatic rings. The molecule has 5 nitrogen and oxygen atoms in total. The zero-order valence-corrected chi connectivity index (χ0v) is 11.4. The van der Waals surface area contributed by atoms with E-state index in [1.807, 2.05) is 18.2 Å². The summed E-state index contributed by atoms with van der Waals surface area (Å²) < 4.78 is 11.2. The molecule has 0 saturated carbocycles. The second-order valence-electron chi connectivity index (χ2n) is 5.14. The third-order valence-corrected chi connectivity index (χ3v) is 3.74. The van der Waals surface area contributed by atoms with Gasteiger partial charge in [-0.2, -0.15) is 0 Å². The van der Waals surface area contributed by atoms with Crippen molar-refractivity contribution in [3.63, 3.8) is 0 Å². The van der Waals surface area contributed by atoms with Gasteiger partial charge in [-0.05, 0) is 17.5 Å². The first-order chi connectivity index (χ1) is 9.84. The van der Waals surface area contributed by atoms with E-state index in [1.165, 1.54) is 5.56 Å². The predicted molar refractivity (Wildman–Crippen MR) is 74.5 cm³/mol. The van der Waals surface area contributed by atoms with Gasteiger partial charge in [-0.1, -0.05) is 24.3 Å². The third kappa shape index (κ3) is 3.00. The summed E-state index contributed by atoms with van der Waals surface area (Å²) in [6.45, 7) is 3.47. The average molecular weight is 276 g/mol. The summed E-state index contributed by atoms with van der Waals surface area (Å²) >= 11 is 0. The lowest BCUT2D eigenvalue weighted by atomic mass is 9.97. The fourth-order valence-corrected chi connectivity index (χ4v) is 2.67. The van der Waals surface area contributed by atoms with Gasteiger partial charge in [-0.3, -0.25) is 4.79 Å². The Labute approximate surface area is 118 Å². The molecule has 2 atom stereocenters. The van der Waals surface area contributed by atoms with Gasteiger partial charge < -0.3 is 20.1 Å². The Morgan fingerprint density at radius 3 is 3.05 bits per heavy atom. The second-order valence-corrected chi connectivity index (χ2v) is 5.14. The number of carbonyl (C=O) groups is 1. The fraction of sp³-hybridized carbons (Fsp3) is 0.533. The van der Waals surface area contributed by atoms with Crippen LogP contribution in [-0.2, 0) is 20.7 Å².